The van der Waals surface area contributed by atoms with Gasteiger partial charge in [-0.1, -0.05) is 0 Å². The normalized spacial score (nSPS) is 24.0. The van der Waals surface area contributed by atoms with Crippen LogP contribution in [0.2, 0.25) is 0 Å². The summed E-state index contributed by atoms with van der Waals surface area (Å²) in [6.07, 6.45) is 2.18. The van der Waals surface area contributed by atoms with Crippen molar-refractivity contribution < 1.29 is 19.0 Å². The molecule has 0 aromatic heterocycles. The molecule has 1 N–H and O–H groups in total. The molecule has 0 bridgehead atoms. The molecule has 1 aromatic rings. The largest absolute Gasteiger partial charge is 0.454 e. The van der Waals surface area contributed by atoms with Crippen LogP contribution in [0.25, 0.3) is 0 Å². The second-order valence-corrected chi connectivity index (χ2v) is 6.39. The van der Waals surface area contributed by atoms with Crippen LogP contribution in [0.3, 0.4) is 0 Å². The predicted octanol–water partition coefficient (Wildman–Crippen LogP) is 1.74. The fraction of sp³-hybridized carbons (Fsp3) is 0.588. The fourth-order valence-electron chi connectivity index (χ4n) is 3.56. The Hall–Kier alpha value is -1.99. The summed E-state index contributed by atoms with van der Waals surface area (Å²) in [4.78, 5) is 17.0. The van der Waals surface area contributed by atoms with Gasteiger partial charge in [0.25, 0.3) is 0 Å². The van der Waals surface area contributed by atoms with E-state index in [1.165, 1.54) is 0 Å². The van der Waals surface area contributed by atoms with Crippen molar-refractivity contribution in [1.82, 2.24) is 9.80 Å². The van der Waals surface area contributed by atoms with Crippen molar-refractivity contribution in [1.29, 1.82) is 0 Å². The summed E-state index contributed by atoms with van der Waals surface area (Å²) in [6, 6.07) is 5.86. The third-order valence-corrected chi connectivity index (χ3v) is 4.87. The minimum atomic E-state index is -0.0492. The summed E-state index contributed by atoms with van der Waals surface area (Å²) in [6.45, 7) is 5.32. The molecule has 7 nitrogen and oxygen atoms in total. The topological polar surface area (TPSA) is 63.3 Å². The van der Waals surface area contributed by atoms with Crippen molar-refractivity contribution in [3.05, 3.63) is 18.2 Å². The summed E-state index contributed by atoms with van der Waals surface area (Å²) in [5.41, 5.74) is 0.734. The van der Waals surface area contributed by atoms with Gasteiger partial charge in [-0.05, 0) is 25.0 Å². The maximum atomic E-state index is 12.6. The molecule has 1 atom stereocenters. The van der Waals surface area contributed by atoms with Crippen LogP contribution in [0.1, 0.15) is 12.8 Å². The minimum Gasteiger partial charge on any atom is -0.454 e. The lowest BCUT2D eigenvalue weighted by Gasteiger charge is -2.40. The number of piperidine rings is 1. The second kappa shape index (κ2) is 6.86. The number of nitrogens with one attached hydrogen (secondary N) is 1. The first-order valence-corrected chi connectivity index (χ1v) is 8.57. The predicted molar refractivity (Wildman–Crippen MR) is 88.6 cm³/mol. The fourth-order valence-corrected chi connectivity index (χ4v) is 3.56. The number of nitrogens with zero attached hydrogens (tertiary/aromatic N) is 2. The van der Waals surface area contributed by atoms with Gasteiger partial charge in [-0.25, -0.2) is 4.79 Å². The molecular formula is C17H23N3O4. The average Bonchev–Trinajstić information content (AvgIpc) is 3.10. The Morgan fingerprint density at radius 2 is 1.96 bits per heavy atom. The van der Waals surface area contributed by atoms with Gasteiger partial charge in [0.15, 0.2) is 11.5 Å². The number of hydrogen-bond donors (Lipinski definition) is 1. The molecule has 2 fully saturated rings. The van der Waals surface area contributed by atoms with Crippen LogP contribution in [-0.2, 0) is 4.74 Å². The standard InChI is InChI=1S/C17H23N3O4/c21-17(18-13-3-4-15-16(10-13)24-12-23-15)20-5-1-2-14(11-20)19-6-8-22-9-7-19/h3-4,10,14H,1-2,5-9,11-12H2,(H,18,21). The first kappa shape index (κ1) is 15.5. The molecule has 0 aliphatic carbocycles. The van der Waals surface area contributed by atoms with Crippen molar-refractivity contribution >= 4 is 11.7 Å². The number of urea groups is 1. The summed E-state index contributed by atoms with van der Waals surface area (Å²) in [7, 11) is 0. The van der Waals surface area contributed by atoms with Crippen molar-refractivity contribution in [2.75, 3.05) is 51.5 Å². The molecule has 3 aliphatic heterocycles. The van der Waals surface area contributed by atoms with E-state index in [9.17, 15) is 4.79 Å². The Bertz CT molecular complexity index is 603. The van der Waals surface area contributed by atoms with Gasteiger partial charge in [-0.15, -0.1) is 0 Å². The monoisotopic (exact) mass is 333 g/mol. The number of benzene rings is 1. The van der Waals surface area contributed by atoms with Gasteiger partial charge in [0.2, 0.25) is 6.79 Å². The Labute approximate surface area is 141 Å². The number of hydrogen-bond acceptors (Lipinski definition) is 5. The molecule has 4 rings (SSSR count). The molecular weight excluding hydrogens is 310 g/mol. The Balaban J connectivity index is 1.37. The molecule has 0 saturated carbocycles. The van der Waals surface area contributed by atoms with E-state index in [-0.39, 0.29) is 12.8 Å². The Morgan fingerprint density at radius 3 is 2.83 bits per heavy atom. The number of carbonyl (C=O) groups excluding carboxylic acids is 1. The quantitative estimate of drug-likeness (QED) is 0.893. The number of ether oxygens (including phenoxy) is 3. The number of likely N-dealkylation sites (tertiary alicyclic amines) is 1. The summed E-state index contributed by atoms with van der Waals surface area (Å²) in [5.74, 6) is 1.40. The summed E-state index contributed by atoms with van der Waals surface area (Å²) < 4.78 is 16.1. The van der Waals surface area contributed by atoms with Crippen LogP contribution in [0.4, 0.5) is 10.5 Å². The molecule has 7 heteroatoms. The molecule has 1 unspecified atom stereocenters. The third-order valence-electron chi connectivity index (χ3n) is 4.87. The lowest BCUT2D eigenvalue weighted by molar-refractivity contribution is 0.00248. The molecule has 24 heavy (non-hydrogen) atoms. The SMILES string of the molecule is O=C(Nc1ccc2c(c1)OCO2)N1CCCC(N2CCOCC2)C1. The van der Waals surface area contributed by atoms with Gasteiger partial charge in [0, 0.05) is 44.0 Å². The van der Waals surface area contributed by atoms with E-state index in [1.54, 1.807) is 0 Å². The lowest BCUT2D eigenvalue weighted by atomic mass is 10.0. The number of morpholine rings is 1. The van der Waals surface area contributed by atoms with Gasteiger partial charge in [-0.2, -0.15) is 0 Å². The van der Waals surface area contributed by atoms with Crippen LogP contribution in [-0.4, -0.2) is 68.1 Å². The second-order valence-electron chi connectivity index (χ2n) is 6.39. The highest BCUT2D eigenvalue weighted by Gasteiger charge is 2.29. The highest BCUT2D eigenvalue weighted by atomic mass is 16.7. The first-order valence-electron chi connectivity index (χ1n) is 8.57. The maximum absolute atomic E-state index is 12.6. The van der Waals surface area contributed by atoms with Gasteiger partial charge < -0.3 is 24.4 Å². The number of rotatable bonds is 2. The van der Waals surface area contributed by atoms with Gasteiger partial charge in [0.1, 0.15) is 0 Å². The van der Waals surface area contributed by atoms with Gasteiger partial charge in [-0.3, -0.25) is 4.90 Å². The number of carbonyl (C=O) groups is 1. The number of amides is 2. The van der Waals surface area contributed by atoms with Crippen molar-refractivity contribution in [2.45, 2.75) is 18.9 Å². The van der Waals surface area contributed by atoms with E-state index in [1.807, 2.05) is 23.1 Å². The zero-order valence-electron chi connectivity index (χ0n) is 13.7. The molecule has 0 spiro atoms. The first-order chi connectivity index (χ1) is 11.8. The van der Waals surface area contributed by atoms with E-state index in [2.05, 4.69) is 10.2 Å². The van der Waals surface area contributed by atoms with E-state index >= 15 is 0 Å². The van der Waals surface area contributed by atoms with Crippen LogP contribution in [0.15, 0.2) is 18.2 Å². The van der Waals surface area contributed by atoms with E-state index in [0.717, 1.165) is 63.7 Å². The van der Waals surface area contributed by atoms with E-state index in [4.69, 9.17) is 14.2 Å². The van der Waals surface area contributed by atoms with Crippen molar-refractivity contribution in [3.63, 3.8) is 0 Å². The Morgan fingerprint density at radius 1 is 1.12 bits per heavy atom. The van der Waals surface area contributed by atoms with Crippen LogP contribution >= 0.6 is 0 Å². The van der Waals surface area contributed by atoms with E-state index in [0.29, 0.717) is 11.8 Å². The minimum absolute atomic E-state index is 0.0492. The Kier molecular flexibility index (Phi) is 4.44. The highest BCUT2D eigenvalue weighted by Crippen LogP contribution is 2.34. The molecule has 1 aromatic carbocycles. The van der Waals surface area contributed by atoms with Gasteiger partial charge in [0.05, 0.1) is 13.2 Å². The van der Waals surface area contributed by atoms with Crippen molar-refractivity contribution in [2.24, 2.45) is 0 Å². The third kappa shape index (κ3) is 3.27. The molecule has 0 radical (unpaired) electrons. The smallest absolute Gasteiger partial charge is 0.321 e. The molecule has 2 amide bonds. The summed E-state index contributed by atoms with van der Waals surface area (Å²) in [5, 5.41) is 2.97. The number of anilines is 1. The zero-order valence-corrected chi connectivity index (χ0v) is 13.7. The van der Waals surface area contributed by atoms with Gasteiger partial charge >= 0.3 is 6.03 Å². The summed E-state index contributed by atoms with van der Waals surface area (Å²) >= 11 is 0. The van der Waals surface area contributed by atoms with E-state index < -0.39 is 0 Å². The molecule has 2 saturated heterocycles. The molecule has 3 aliphatic rings. The molecule has 130 valence electrons. The van der Waals surface area contributed by atoms with Crippen LogP contribution in [0.5, 0.6) is 11.5 Å². The number of fused-ring (bicyclic) bond motifs is 1. The zero-order chi connectivity index (χ0) is 16.4. The van der Waals surface area contributed by atoms with Crippen LogP contribution in [0, 0.1) is 0 Å². The lowest BCUT2D eigenvalue weighted by Crippen LogP contribution is -2.53. The average molecular weight is 333 g/mol. The van der Waals surface area contributed by atoms with Crippen molar-refractivity contribution in [3.8, 4) is 11.5 Å². The highest BCUT2D eigenvalue weighted by molar-refractivity contribution is 5.89. The van der Waals surface area contributed by atoms with Crippen LogP contribution < -0.4 is 14.8 Å². The molecule has 3 heterocycles. The maximum Gasteiger partial charge on any atom is 0.321 e.